The number of rotatable bonds is 6. The molecule has 4 rings (SSSR count). The zero-order chi connectivity index (χ0) is 21.8. The van der Waals surface area contributed by atoms with Gasteiger partial charge in [-0.2, -0.15) is 0 Å². The number of ether oxygens (including phenoxy) is 1. The van der Waals surface area contributed by atoms with E-state index < -0.39 is 0 Å². The van der Waals surface area contributed by atoms with E-state index in [1.165, 1.54) is 5.69 Å². The van der Waals surface area contributed by atoms with Crippen LogP contribution in [0.4, 0.5) is 11.4 Å². The van der Waals surface area contributed by atoms with Crippen LogP contribution >= 0.6 is 0 Å². The topological polar surface area (TPSA) is 75.5 Å². The number of aromatic nitrogens is 3. The SMILES string of the molecule is CCOc1ccc(-n2nnc(C(=O)Nc3ccc(N4CCN(C)CC4)cc3)c2C)cc1. The Kier molecular flexibility index (Phi) is 6.18. The fourth-order valence-electron chi connectivity index (χ4n) is 3.64. The molecule has 8 nitrogen and oxygen atoms in total. The Morgan fingerprint density at radius 1 is 1.00 bits per heavy atom. The maximum atomic E-state index is 12.8. The van der Waals surface area contributed by atoms with Crippen LogP contribution in [0, 0.1) is 6.92 Å². The van der Waals surface area contributed by atoms with Crippen molar-refractivity contribution in [2.24, 2.45) is 0 Å². The minimum atomic E-state index is -0.276. The van der Waals surface area contributed by atoms with Crippen LogP contribution in [0.15, 0.2) is 48.5 Å². The number of amides is 1. The summed E-state index contributed by atoms with van der Waals surface area (Å²) in [6.07, 6.45) is 0. The van der Waals surface area contributed by atoms with Crippen LogP contribution in [0.25, 0.3) is 5.69 Å². The van der Waals surface area contributed by atoms with Gasteiger partial charge in [-0.1, -0.05) is 5.21 Å². The molecule has 0 aliphatic carbocycles. The van der Waals surface area contributed by atoms with Gasteiger partial charge >= 0.3 is 0 Å². The second-order valence-electron chi connectivity index (χ2n) is 7.65. The number of hydrogen-bond acceptors (Lipinski definition) is 6. The van der Waals surface area contributed by atoms with Gasteiger partial charge in [-0.3, -0.25) is 4.79 Å². The standard InChI is InChI=1S/C23H28N6O2/c1-4-31-21-11-9-20(10-12-21)29-17(2)22(25-26-29)23(30)24-18-5-7-19(8-6-18)28-15-13-27(3)14-16-28/h5-12H,4,13-16H2,1-3H3,(H,24,30). The Morgan fingerprint density at radius 2 is 1.65 bits per heavy atom. The van der Waals surface area contributed by atoms with E-state index >= 15 is 0 Å². The van der Waals surface area contributed by atoms with Gasteiger partial charge in [-0.25, -0.2) is 4.68 Å². The summed E-state index contributed by atoms with van der Waals surface area (Å²) in [7, 11) is 2.14. The molecule has 31 heavy (non-hydrogen) atoms. The second kappa shape index (κ2) is 9.18. The molecule has 3 aromatic rings. The number of hydrogen-bond donors (Lipinski definition) is 1. The zero-order valence-corrected chi connectivity index (χ0v) is 18.2. The molecule has 0 unspecified atom stereocenters. The Morgan fingerprint density at radius 3 is 2.29 bits per heavy atom. The van der Waals surface area contributed by atoms with Crippen molar-refractivity contribution in [1.82, 2.24) is 19.9 Å². The maximum Gasteiger partial charge on any atom is 0.278 e. The van der Waals surface area contributed by atoms with E-state index in [0.29, 0.717) is 18.0 Å². The lowest BCUT2D eigenvalue weighted by Crippen LogP contribution is -2.44. The summed E-state index contributed by atoms with van der Waals surface area (Å²) in [5.74, 6) is 0.518. The Balaban J connectivity index is 1.43. The summed E-state index contributed by atoms with van der Waals surface area (Å²) in [5, 5.41) is 11.2. The first-order valence-electron chi connectivity index (χ1n) is 10.6. The van der Waals surface area contributed by atoms with Crippen molar-refractivity contribution in [2.45, 2.75) is 13.8 Å². The number of nitrogens with one attached hydrogen (secondary N) is 1. The third-order valence-corrected chi connectivity index (χ3v) is 5.50. The smallest absolute Gasteiger partial charge is 0.278 e. The van der Waals surface area contributed by atoms with Crippen molar-refractivity contribution in [1.29, 1.82) is 0 Å². The van der Waals surface area contributed by atoms with Gasteiger partial charge in [0, 0.05) is 37.6 Å². The molecule has 2 heterocycles. The Labute approximate surface area is 182 Å². The van der Waals surface area contributed by atoms with Crippen LogP contribution in [-0.4, -0.2) is 65.6 Å². The van der Waals surface area contributed by atoms with E-state index in [1.54, 1.807) is 4.68 Å². The van der Waals surface area contributed by atoms with Gasteiger partial charge in [0.15, 0.2) is 5.69 Å². The van der Waals surface area contributed by atoms with Crippen LogP contribution < -0.4 is 15.0 Å². The summed E-state index contributed by atoms with van der Waals surface area (Å²) in [5.41, 5.74) is 3.71. The quantitative estimate of drug-likeness (QED) is 0.661. The van der Waals surface area contributed by atoms with Gasteiger partial charge in [0.25, 0.3) is 5.91 Å². The number of anilines is 2. The molecule has 0 bridgehead atoms. The molecule has 1 saturated heterocycles. The highest BCUT2D eigenvalue weighted by Gasteiger charge is 2.18. The van der Waals surface area contributed by atoms with Crippen LogP contribution in [-0.2, 0) is 0 Å². The third kappa shape index (κ3) is 4.69. The van der Waals surface area contributed by atoms with Crippen LogP contribution in [0.1, 0.15) is 23.1 Å². The minimum absolute atomic E-state index is 0.276. The van der Waals surface area contributed by atoms with Crippen molar-refractivity contribution in [3.8, 4) is 11.4 Å². The van der Waals surface area contributed by atoms with E-state index in [4.69, 9.17) is 4.74 Å². The lowest BCUT2D eigenvalue weighted by atomic mass is 10.2. The van der Waals surface area contributed by atoms with Gasteiger partial charge in [0.05, 0.1) is 18.0 Å². The van der Waals surface area contributed by atoms with Crippen molar-refractivity contribution in [2.75, 3.05) is 50.1 Å². The summed E-state index contributed by atoms with van der Waals surface area (Å²) in [4.78, 5) is 17.5. The third-order valence-electron chi connectivity index (χ3n) is 5.50. The van der Waals surface area contributed by atoms with Crippen LogP contribution in [0.2, 0.25) is 0 Å². The average molecular weight is 421 g/mol. The number of carbonyl (C=O) groups excluding carboxylic acids is 1. The molecule has 1 aliphatic rings. The number of nitrogens with zero attached hydrogens (tertiary/aromatic N) is 5. The molecule has 1 fully saturated rings. The lowest BCUT2D eigenvalue weighted by Gasteiger charge is -2.34. The number of piperazine rings is 1. The summed E-state index contributed by atoms with van der Waals surface area (Å²) >= 11 is 0. The molecule has 1 aliphatic heterocycles. The average Bonchev–Trinajstić information content (AvgIpc) is 3.17. The highest BCUT2D eigenvalue weighted by molar-refractivity contribution is 6.03. The lowest BCUT2D eigenvalue weighted by molar-refractivity contribution is 0.102. The second-order valence-corrected chi connectivity index (χ2v) is 7.65. The van der Waals surface area contributed by atoms with Gasteiger partial charge in [0.1, 0.15) is 5.75 Å². The minimum Gasteiger partial charge on any atom is -0.494 e. The number of carbonyl (C=O) groups is 1. The first kappa shape index (κ1) is 20.9. The molecule has 0 saturated carbocycles. The van der Waals surface area contributed by atoms with Crippen LogP contribution in [0.5, 0.6) is 5.75 Å². The van der Waals surface area contributed by atoms with Gasteiger partial charge in [-0.05, 0) is 69.4 Å². The van der Waals surface area contributed by atoms with Crippen molar-refractivity contribution >= 4 is 17.3 Å². The Bertz CT molecular complexity index is 1020. The molecular weight excluding hydrogens is 392 g/mol. The normalized spacial score (nSPS) is 14.5. The molecule has 1 N–H and O–H groups in total. The van der Waals surface area contributed by atoms with Gasteiger partial charge in [-0.15, -0.1) is 5.10 Å². The number of likely N-dealkylation sites (N-methyl/N-ethyl adjacent to an activating group) is 1. The molecular formula is C23H28N6O2. The largest absolute Gasteiger partial charge is 0.494 e. The maximum absolute atomic E-state index is 12.8. The fourth-order valence-corrected chi connectivity index (χ4v) is 3.64. The number of benzene rings is 2. The highest BCUT2D eigenvalue weighted by Crippen LogP contribution is 2.21. The van der Waals surface area contributed by atoms with Crippen molar-refractivity contribution < 1.29 is 9.53 Å². The van der Waals surface area contributed by atoms with E-state index in [-0.39, 0.29) is 5.91 Å². The molecule has 162 valence electrons. The molecule has 0 radical (unpaired) electrons. The highest BCUT2D eigenvalue weighted by atomic mass is 16.5. The zero-order valence-electron chi connectivity index (χ0n) is 18.2. The monoisotopic (exact) mass is 420 g/mol. The van der Waals surface area contributed by atoms with Crippen LogP contribution in [0.3, 0.4) is 0 Å². The van der Waals surface area contributed by atoms with Gasteiger partial charge < -0.3 is 19.9 Å². The fraction of sp³-hybridized carbons (Fsp3) is 0.348. The van der Waals surface area contributed by atoms with E-state index in [9.17, 15) is 4.79 Å². The first-order chi connectivity index (χ1) is 15.0. The van der Waals surface area contributed by atoms with E-state index in [2.05, 4.69) is 32.5 Å². The molecule has 8 heteroatoms. The van der Waals surface area contributed by atoms with Gasteiger partial charge in [0.2, 0.25) is 0 Å². The van der Waals surface area contributed by atoms with E-state index in [0.717, 1.165) is 43.3 Å². The predicted molar refractivity (Wildman–Crippen MR) is 121 cm³/mol. The molecule has 0 spiro atoms. The van der Waals surface area contributed by atoms with Crippen molar-refractivity contribution in [3.05, 3.63) is 59.9 Å². The summed E-state index contributed by atoms with van der Waals surface area (Å²) in [6, 6.07) is 15.5. The summed E-state index contributed by atoms with van der Waals surface area (Å²) < 4.78 is 7.13. The predicted octanol–water partition coefficient (Wildman–Crippen LogP) is 2.98. The molecule has 1 aromatic heterocycles. The van der Waals surface area contributed by atoms with E-state index in [1.807, 2.05) is 62.4 Å². The summed E-state index contributed by atoms with van der Waals surface area (Å²) in [6.45, 7) is 8.53. The van der Waals surface area contributed by atoms with Crippen molar-refractivity contribution in [3.63, 3.8) is 0 Å². The molecule has 1 amide bonds. The Hall–Kier alpha value is -3.39. The molecule has 2 aromatic carbocycles. The molecule has 0 atom stereocenters. The first-order valence-corrected chi connectivity index (χ1v) is 10.6.